The van der Waals surface area contributed by atoms with Crippen molar-refractivity contribution in [2.45, 2.75) is 252 Å². The van der Waals surface area contributed by atoms with Gasteiger partial charge in [-0.2, -0.15) is 0 Å². The van der Waals surface area contributed by atoms with Gasteiger partial charge in [-0.05, 0) is 42.1 Å². The third-order valence-corrected chi connectivity index (χ3v) is 15.1. The van der Waals surface area contributed by atoms with Crippen molar-refractivity contribution >= 4 is 28.3 Å². The van der Waals surface area contributed by atoms with E-state index >= 15 is 0 Å². The van der Waals surface area contributed by atoms with Gasteiger partial charge in [-0.1, -0.05) is 128 Å². The number of nitrogens with zero attached hydrogens (tertiary/aromatic N) is 3. The summed E-state index contributed by atoms with van der Waals surface area (Å²) in [5, 5.41) is 142. The van der Waals surface area contributed by atoms with Gasteiger partial charge >= 0.3 is 5.69 Å². The maximum atomic E-state index is 13.3. The fraction of sp³-hybridized carbons (Fsp3) is 0.833. The Balaban J connectivity index is 1.07. The number of amides is 1. The van der Waals surface area contributed by atoms with Crippen LogP contribution < -0.4 is 10.6 Å². The molecule has 80 heavy (non-hydrogen) atoms. The van der Waals surface area contributed by atoms with Crippen LogP contribution in [0.15, 0.2) is 28.9 Å². The molecule has 26 nitrogen and oxygen atoms in total. The largest absolute Gasteiger partial charge is 0.394 e. The molecule has 4 heterocycles. The van der Waals surface area contributed by atoms with E-state index in [4.69, 9.17) is 33.1 Å². The van der Waals surface area contributed by atoms with Crippen LogP contribution in [-0.2, 0) is 33.2 Å². The van der Waals surface area contributed by atoms with Crippen molar-refractivity contribution < 1.29 is 98.9 Å². The van der Waals surface area contributed by atoms with E-state index in [0.717, 1.165) is 70.6 Å². The number of carbonyl (C=O) groups is 1. The number of hydrogen-bond acceptors (Lipinski definition) is 24. The Labute approximate surface area is 466 Å². The number of hydrogen-bond donors (Lipinski definition) is 13. The molecule has 1 aromatic heterocycles. The third kappa shape index (κ3) is 20.3. The minimum Gasteiger partial charge on any atom is -0.394 e. The molecule has 3 aliphatic rings. The summed E-state index contributed by atoms with van der Waals surface area (Å²) in [6.45, 7) is 0.00696. The maximum absolute atomic E-state index is 13.3. The number of nitrogens with one attached hydrogen (secondary N) is 2. The van der Waals surface area contributed by atoms with Gasteiger partial charge in [0.15, 0.2) is 24.4 Å². The van der Waals surface area contributed by atoms with Crippen molar-refractivity contribution in [1.82, 2.24) is 15.6 Å². The van der Waals surface area contributed by atoms with Crippen LogP contribution in [0.3, 0.4) is 0 Å². The Hall–Kier alpha value is -3.65. The molecule has 3 aliphatic heterocycles. The van der Waals surface area contributed by atoms with Crippen LogP contribution in [-0.4, -0.2) is 215 Å². The molecule has 5 rings (SSSR count). The summed E-state index contributed by atoms with van der Waals surface area (Å²) >= 11 is 0. The molecule has 0 radical (unpaired) electrons. The lowest BCUT2D eigenvalue weighted by Gasteiger charge is -2.48. The molecule has 0 saturated carbocycles. The Kier molecular flexibility index (Phi) is 30.3. The fourth-order valence-corrected chi connectivity index (χ4v) is 10.2. The summed E-state index contributed by atoms with van der Waals surface area (Å²) in [7, 11) is 0. The number of benzene rings is 1. The number of aliphatic hydroxyl groups is 11. The number of allylic oxidation sites excluding steroid dienone is 1. The van der Waals surface area contributed by atoms with Gasteiger partial charge in [-0.25, -0.2) is 4.63 Å². The lowest BCUT2D eigenvalue weighted by atomic mass is 9.96. The van der Waals surface area contributed by atoms with Crippen molar-refractivity contribution in [1.29, 1.82) is 0 Å². The lowest BCUT2D eigenvalue weighted by molar-refractivity contribution is -0.383. The van der Waals surface area contributed by atoms with E-state index in [1.54, 1.807) is 12.1 Å². The topological polar surface area (TPSA) is 401 Å². The first-order valence-electron chi connectivity index (χ1n) is 28.9. The summed E-state index contributed by atoms with van der Waals surface area (Å²) in [4.78, 5) is 24.1. The number of aromatic nitrogens is 2. The van der Waals surface area contributed by atoms with E-state index in [2.05, 4.69) is 27.9 Å². The number of anilines is 1. The molecule has 0 spiro atoms. The number of carbonyl (C=O) groups excluding carboxylic acids is 1. The van der Waals surface area contributed by atoms with E-state index in [-0.39, 0.29) is 23.5 Å². The highest BCUT2D eigenvalue weighted by molar-refractivity contribution is 5.93. The summed E-state index contributed by atoms with van der Waals surface area (Å²) < 4.78 is 38.9. The highest BCUT2D eigenvalue weighted by Gasteiger charge is 2.53. The molecular weight excluding hydrogens is 1050 g/mol. The fourth-order valence-electron chi connectivity index (χ4n) is 10.2. The van der Waals surface area contributed by atoms with E-state index in [1.165, 1.54) is 57.4 Å². The zero-order valence-corrected chi connectivity index (χ0v) is 46.1. The third-order valence-electron chi connectivity index (χ3n) is 15.1. The second-order valence-electron chi connectivity index (χ2n) is 21.3. The molecule has 0 unspecified atom stereocenters. The standard InChI is InChI=1S/C54H91N5O21/c1-2-3-4-5-6-7-8-9-10-12-15-18-21-24-36(63)34(56-40(64)25-22-19-16-13-11-14-17-20-23-28-55-33-26-27-35(59(72)73)42-41(33)57-80-58-42)32-74-52-48(70)45(67)50(38(30-61)76-52)79-54-49(71)46(68)51(39(31-62)77-54)78-53-47(69)44(66)43(65)37(29-60)75-53/h21,24,26-27,34,36-39,43-55,60-63,65-71H,2-20,22-23,25,28-32H2,1H3,(H,56,64)/b24-21+/t34-,36+,37+,38+,39+,43-,44-,45+,46+,47+,48+,49+,50+,51-,52+,53+,54-/m0/s1. The van der Waals surface area contributed by atoms with Gasteiger partial charge in [-0.15, -0.1) is 0 Å². The van der Waals surface area contributed by atoms with Crippen LogP contribution in [0.5, 0.6) is 0 Å². The summed E-state index contributed by atoms with van der Waals surface area (Å²) in [5.74, 6) is -0.332. The quantitative estimate of drug-likeness (QED) is 0.0197. The number of nitro benzene ring substituents is 1. The molecule has 26 heteroatoms. The van der Waals surface area contributed by atoms with Crippen molar-refractivity contribution in [3.05, 3.63) is 34.4 Å². The molecule has 1 aromatic carbocycles. The summed E-state index contributed by atoms with van der Waals surface area (Å²) in [6, 6.07) is 1.96. The first kappa shape index (κ1) is 67.1. The van der Waals surface area contributed by atoms with Gasteiger partial charge in [0.25, 0.3) is 0 Å². The highest BCUT2D eigenvalue weighted by atomic mass is 16.8. The predicted octanol–water partition coefficient (Wildman–Crippen LogP) is 2.01. The van der Waals surface area contributed by atoms with Crippen molar-refractivity contribution in [2.75, 3.05) is 38.3 Å². The number of non-ortho nitro benzene ring substituents is 1. The maximum Gasteiger partial charge on any atom is 0.300 e. The second kappa shape index (κ2) is 36.1. The first-order chi connectivity index (χ1) is 38.6. The minimum absolute atomic E-state index is 0.102. The van der Waals surface area contributed by atoms with Crippen LogP contribution in [0.4, 0.5) is 11.4 Å². The molecule has 17 atom stereocenters. The van der Waals surface area contributed by atoms with Gasteiger partial charge in [0.1, 0.15) is 73.2 Å². The number of aliphatic hydroxyl groups excluding tert-OH is 11. The summed E-state index contributed by atoms with van der Waals surface area (Å²) in [6.07, 6.45) is -1.38. The Morgan fingerprint density at radius 1 is 0.637 bits per heavy atom. The van der Waals surface area contributed by atoms with Gasteiger partial charge in [0.05, 0.1) is 49.2 Å². The zero-order valence-electron chi connectivity index (χ0n) is 46.1. The average Bonchev–Trinajstić information content (AvgIpc) is 4.04. The number of fused-ring (bicyclic) bond motifs is 1. The van der Waals surface area contributed by atoms with Crippen LogP contribution in [0.2, 0.25) is 0 Å². The molecule has 0 aliphatic carbocycles. The van der Waals surface area contributed by atoms with Crippen LogP contribution in [0, 0.1) is 10.1 Å². The Bertz CT molecular complexity index is 2070. The lowest BCUT2D eigenvalue weighted by Crippen LogP contribution is -2.66. The van der Waals surface area contributed by atoms with E-state index in [1.807, 2.05) is 6.08 Å². The molecule has 3 saturated heterocycles. The zero-order chi connectivity index (χ0) is 58.0. The van der Waals surface area contributed by atoms with Gasteiger partial charge in [0, 0.05) is 19.0 Å². The molecule has 1 amide bonds. The molecule has 0 bridgehead atoms. The molecule has 13 N–H and O–H groups in total. The average molecular weight is 1150 g/mol. The predicted molar refractivity (Wildman–Crippen MR) is 286 cm³/mol. The molecule has 2 aromatic rings. The smallest absolute Gasteiger partial charge is 0.300 e. The Morgan fingerprint density at radius 3 is 1.69 bits per heavy atom. The van der Waals surface area contributed by atoms with Crippen LogP contribution >= 0.6 is 0 Å². The van der Waals surface area contributed by atoms with Gasteiger partial charge in [-0.3, -0.25) is 14.9 Å². The number of unbranched alkanes of at least 4 members (excludes halogenated alkanes) is 19. The molecule has 458 valence electrons. The SMILES string of the molecule is CCCCCCCCCCCCC/C=C/[C@@H](O)[C@H](CO[C@@H]1O[C@H](CO)[C@@H](O[C@@H]2O[C@H](CO)[C@H](O[C@H]3O[C@H](CO)[C@H](O)[C@H](O)[C@H]3O)[C@H](O)[C@H]2O)[C@H](O)[C@H]1O)NC(=O)CCCCCCCCCCCNc1ccc([N+](=O)[O-])c2nonc12. The van der Waals surface area contributed by atoms with Crippen molar-refractivity contribution in [2.24, 2.45) is 0 Å². The first-order valence-corrected chi connectivity index (χ1v) is 28.9. The second-order valence-corrected chi connectivity index (χ2v) is 21.3. The van der Waals surface area contributed by atoms with E-state index < -0.39 is 136 Å². The highest BCUT2D eigenvalue weighted by Crippen LogP contribution is 2.34. The number of nitro groups is 1. The molecular formula is C54H91N5O21. The van der Waals surface area contributed by atoms with E-state index in [9.17, 15) is 71.1 Å². The normalized spacial score (nSPS) is 30.0. The van der Waals surface area contributed by atoms with Crippen molar-refractivity contribution in [3.8, 4) is 0 Å². The van der Waals surface area contributed by atoms with Gasteiger partial charge in [0.2, 0.25) is 11.4 Å². The van der Waals surface area contributed by atoms with Crippen LogP contribution in [0.1, 0.15) is 148 Å². The summed E-state index contributed by atoms with van der Waals surface area (Å²) in [5.41, 5.74) is 0.881. The molecule has 3 fully saturated rings. The van der Waals surface area contributed by atoms with E-state index in [0.29, 0.717) is 30.6 Å². The number of ether oxygens (including phenoxy) is 6. The van der Waals surface area contributed by atoms with Crippen molar-refractivity contribution in [3.63, 3.8) is 0 Å². The number of rotatable bonds is 39. The Morgan fingerprint density at radius 2 is 1.12 bits per heavy atom. The monoisotopic (exact) mass is 1150 g/mol. The van der Waals surface area contributed by atoms with Crippen LogP contribution in [0.25, 0.3) is 11.0 Å². The van der Waals surface area contributed by atoms with Gasteiger partial charge < -0.3 is 95.2 Å². The minimum atomic E-state index is -2.00.